The molecular weight excluding hydrogens is 304 g/mol. The first-order valence-corrected chi connectivity index (χ1v) is 8.26. The van der Waals surface area contributed by atoms with Crippen molar-refractivity contribution in [2.75, 3.05) is 32.2 Å². The maximum Gasteiger partial charge on any atom is 0.225 e. The first-order valence-electron chi connectivity index (χ1n) is 8.26. The molecule has 2 heterocycles. The molecule has 1 aromatic carbocycles. The molecule has 3 rings (SSSR count). The van der Waals surface area contributed by atoms with E-state index in [2.05, 4.69) is 20.2 Å². The summed E-state index contributed by atoms with van der Waals surface area (Å²) in [7, 11) is 3.35. The standard InChI is InChI=1S/C18H24N4O2/c1-23-16-7-6-14(17(11-16)24-2)12-21-15-5-3-10-22(13-15)18-19-8-4-9-20-18/h4,6-9,11,15,21H,3,5,10,12-13H2,1-2H3/t15-/m1/s1. The third-order valence-electron chi connectivity index (χ3n) is 4.33. The summed E-state index contributed by atoms with van der Waals surface area (Å²) < 4.78 is 10.7. The Morgan fingerprint density at radius 1 is 1.21 bits per heavy atom. The highest BCUT2D eigenvalue weighted by Gasteiger charge is 2.21. The van der Waals surface area contributed by atoms with Gasteiger partial charge in [-0.15, -0.1) is 0 Å². The highest BCUT2D eigenvalue weighted by atomic mass is 16.5. The normalized spacial score (nSPS) is 17.6. The minimum atomic E-state index is 0.411. The molecule has 1 atom stereocenters. The summed E-state index contributed by atoms with van der Waals surface area (Å²) in [4.78, 5) is 11.0. The second-order valence-electron chi connectivity index (χ2n) is 5.89. The smallest absolute Gasteiger partial charge is 0.225 e. The highest BCUT2D eigenvalue weighted by molar-refractivity contribution is 5.40. The van der Waals surface area contributed by atoms with Gasteiger partial charge in [-0.1, -0.05) is 6.07 Å². The minimum absolute atomic E-state index is 0.411. The van der Waals surface area contributed by atoms with Gasteiger partial charge in [-0.3, -0.25) is 0 Å². The van der Waals surface area contributed by atoms with Crippen LogP contribution in [0.25, 0.3) is 0 Å². The van der Waals surface area contributed by atoms with E-state index in [0.717, 1.165) is 55.5 Å². The first-order chi connectivity index (χ1) is 11.8. The van der Waals surface area contributed by atoms with Gasteiger partial charge in [-0.2, -0.15) is 0 Å². The van der Waals surface area contributed by atoms with Crippen LogP contribution in [-0.4, -0.2) is 43.3 Å². The highest BCUT2D eigenvalue weighted by Crippen LogP contribution is 2.25. The van der Waals surface area contributed by atoms with Gasteiger partial charge in [0.25, 0.3) is 0 Å². The molecule has 0 unspecified atom stereocenters. The largest absolute Gasteiger partial charge is 0.497 e. The topological polar surface area (TPSA) is 59.5 Å². The van der Waals surface area contributed by atoms with Gasteiger partial charge in [0.2, 0.25) is 5.95 Å². The molecule has 0 amide bonds. The number of hydrogen-bond acceptors (Lipinski definition) is 6. The number of anilines is 1. The molecule has 2 aromatic rings. The fourth-order valence-corrected chi connectivity index (χ4v) is 3.03. The number of nitrogens with one attached hydrogen (secondary N) is 1. The van der Waals surface area contributed by atoms with E-state index in [1.165, 1.54) is 0 Å². The third-order valence-corrected chi connectivity index (χ3v) is 4.33. The van der Waals surface area contributed by atoms with Crippen LogP contribution in [0.15, 0.2) is 36.7 Å². The van der Waals surface area contributed by atoms with Crippen molar-refractivity contribution in [2.24, 2.45) is 0 Å². The Kier molecular flexibility index (Phi) is 5.48. The lowest BCUT2D eigenvalue weighted by Gasteiger charge is -2.33. The molecule has 6 heteroatoms. The number of methoxy groups -OCH3 is 2. The van der Waals surface area contributed by atoms with Crippen molar-refractivity contribution in [3.05, 3.63) is 42.2 Å². The first kappa shape index (κ1) is 16.5. The molecule has 0 bridgehead atoms. The molecular formula is C18H24N4O2. The summed E-state index contributed by atoms with van der Waals surface area (Å²) in [6.45, 7) is 2.69. The SMILES string of the molecule is COc1ccc(CN[C@@H]2CCCN(c3ncccn3)C2)c(OC)c1. The van der Waals surface area contributed by atoms with E-state index in [4.69, 9.17) is 9.47 Å². The van der Waals surface area contributed by atoms with Crippen LogP contribution in [0.5, 0.6) is 11.5 Å². The van der Waals surface area contributed by atoms with Crippen LogP contribution in [-0.2, 0) is 6.54 Å². The van der Waals surface area contributed by atoms with Crippen LogP contribution in [0.4, 0.5) is 5.95 Å². The molecule has 1 aliphatic rings. The van der Waals surface area contributed by atoms with Crippen LogP contribution in [0.3, 0.4) is 0 Å². The summed E-state index contributed by atoms with van der Waals surface area (Å²) in [5.74, 6) is 2.47. The lowest BCUT2D eigenvalue weighted by molar-refractivity contribution is 0.383. The average molecular weight is 328 g/mol. The predicted octanol–water partition coefficient (Wildman–Crippen LogP) is 2.25. The lowest BCUT2D eigenvalue weighted by Crippen LogP contribution is -2.46. The number of benzene rings is 1. The van der Waals surface area contributed by atoms with Gasteiger partial charge in [0.05, 0.1) is 14.2 Å². The van der Waals surface area contributed by atoms with Gasteiger partial charge in [0.15, 0.2) is 0 Å². The number of nitrogens with zero attached hydrogens (tertiary/aromatic N) is 3. The molecule has 0 aliphatic carbocycles. The number of piperidine rings is 1. The van der Waals surface area contributed by atoms with Gasteiger partial charge in [0.1, 0.15) is 11.5 Å². The Bertz CT molecular complexity index is 651. The van der Waals surface area contributed by atoms with E-state index < -0.39 is 0 Å². The number of aromatic nitrogens is 2. The minimum Gasteiger partial charge on any atom is -0.497 e. The van der Waals surface area contributed by atoms with Crippen molar-refractivity contribution in [3.63, 3.8) is 0 Å². The Labute approximate surface area is 142 Å². The second kappa shape index (κ2) is 7.97. The summed E-state index contributed by atoms with van der Waals surface area (Å²) in [6, 6.07) is 8.19. The Morgan fingerprint density at radius 2 is 2.04 bits per heavy atom. The van der Waals surface area contributed by atoms with Crippen LogP contribution in [0.2, 0.25) is 0 Å². The number of ether oxygens (including phenoxy) is 2. The molecule has 0 spiro atoms. The average Bonchev–Trinajstić information content (AvgIpc) is 2.67. The van der Waals surface area contributed by atoms with Crippen molar-refractivity contribution in [3.8, 4) is 11.5 Å². The van der Waals surface area contributed by atoms with Gasteiger partial charge >= 0.3 is 0 Å². The van der Waals surface area contributed by atoms with Crippen LogP contribution >= 0.6 is 0 Å². The van der Waals surface area contributed by atoms with Crippen LogP contribution in [0.1, 0.15) is 18.4 Å². The van der Waals surface area contributed by atoms with Crippen molar-refractivity contribution in [1.82, 2.24) is 15.3 Å². The van der Waals surface area contributed by atoms with E-state index in [1.54, 1.807) is 26.6 Å². The fraction of sp³-hybridized carbons (Fsp3) is 0.444. The summed E-state index contributed by atoms with van der Waals surface area (Å²) in [5.41, 5.74) is 1.13. The Morgan fingerprint density at radius 3 is 2.79 bits per heavy atom. The molecule has 6 nitrogen and oxygen atoms in total. The van der Waals surface area contributed by atoms with Crippen molar-refractivity contribution in [2.45, 2.75) is 25.4 Å². The fourth-order valence-electron chi connectivity index (χ4n) is 3.03. The lowest BCUT2D eigenvalue weighted by atomic mass is 10.1. The zero-order valence-corrected chi connectivity index (χ0v) is 14.2. The molecule has 1 aromatic heterocycles. The molecule has 0 radical (unpaired) electrons. The van der Waals surface area contributed by atoms with Crippen molar-refractivity contribution in [1.29, 1.82) is 0 Å². The van der Waals surface area contributed by atoms with Gasteiger partial charge < -0.3 is 19.7 Å². The Balaban J connectivity index is 1.60. The van der Waals surface area contributed by atoms with Gasteiger partial charge in [-0.25, -0.2) is 9.97 Å². The van der Waals surface area contributed by atoms with E-state index in [-0.39, 0.29) is 0 Å². The monoisotopic (exact) mass is 328 g/mol. The maximum absolute atomic E-state index is 5.47. The zero-order valence-electron chi connectivity index (χ0n) is 14.2. The molecule has 1 fully saturated rings. The van der Waals surface area contributed by atoms with Gasteiger partial charge in [-0.05, 0) is 25.0 Å². The van der Waals surface area contributed by atoms with E-state index >= 15 is 0 Å². The van der Waals surface area contributed by atoms with E-state index in [9.17, 15) is 0 Å². The van der Waals surface area contributed by atoms with E-state index in [0.29, 0.717) is 6.04 Å². The van der Waals surface area contributed by atoms with Crippen LogP contribution < -0.4 is 19.7 Å². The molecule has 0 saturated carbocycles. The number of hydrogen-bond donors (Lipinski definition) is 1. The quantitative estimate of drug-likeness (QED) is 0.878. The van der Waals surface area contributed by atoms with Gasteiger partial charge in [0, 0.05) is 49.7 Å². The summed E-state index contributed by atoms with van der Waals surface area (Å²) in [6.07, 6.45) is 5.88. The van der Waals surface area contributed by atoms with Crippen molar-refractivity contribution < 1.29 is 9.47 Å². The summed E-state index contributed by atoms with van der Waals surface area (Å²) >= 11 is 0. The third kappa shape index (κ3) is 3.94. The van der Waals surface area contributed by atoms with E-state index in [1.807, 2.05) is 24.3 Å². The van der Waals surface area contributed by atoms with Crippen molar-refractivity contribution >= 4 is 5.95 Å². The zero-order chi connectivity index (χ0) is 16.8. The number of rotatable bonds is 6. The molecule has 128 valence electrons. The molecule has 1 aliphatic heterocycles. The molecule has 24 heavy (non-hydrogen) atoms. The van der Waals surface area contributed by atoms with Crippen LogP contribution in [0, 0.1) is 0 Å². The Hall–Kier alpha value is -2.34. The predicted molar refractivity (Wildman–Crippen MR) is 93.7 cm³/mol. The molecule has 1 saturated heterocycles. The maximum atomic E-state index is 5.47. The second-order valence-corrected chi connectivity index (χ2v) is 5.89. The molecule has 1 N–H and O–H groups in total. The summed E-state index contributed by atoms with van der Waals surface area (Å²) in [5, 5.41) is 3.63.